The molecule has 0 amide bonds. The second-order valence-electron chi connectivity index (χ2n) is 6.57. The van der Waals surface area contributed by atoms with Crippen LogP contribution < -0.4 is 10.5 Å². The molecule has 0 spiro atoms. The van der Waals surface area contributed by atoms with E-state index in [4.69, 9.17) is 10.5 Å². The summed E-state index contributed by atoms with van der Waals surface area (Å²) >= 11 is 3.44. The molecule has 4 aromatic rings. The van der Waals surface area contributed by atoms with Crippen LogP contribution in [-0.2, 0) is 0 Å². The van der Waals surface area contributed by atoms with Crippen LogP contribution in [0.4, 0.5) is 5.82 Å². The van der Waals surface area contributed by atoms with Crippen molar-refractivity contribution < 1.29 is 4.74 Å². The van der Waals surface area contributed by atoms with Crippen molar-refractivity contribution in [3.05, 3.63) is 70.3 Å². The van der Waals surface area contributed by atoms with Gasteiger partial charge in [-0.25, -0.2) is 9.67 Å². The number of methoxy groups -OCH3 is 1. The van der Waals surface area contributed by atoms with E-state index in [0.717, 1.165) is 27.2 Å². The molecule has 148 valence electrons. The molecule has 0 aliphatic rings. The lowest BCUT2D eigenvalue weighted by molar-refractivity contribution is 0.415. The van der Waals surface area contributed by atoms with Gasteiger partial charge in [0, 0.05) is 10.0 Å². The normalized spacial score (nSPS) is 10.6. The van der Waals surface area contributed by atoms with E-state index in [2.05, 4.69) is 37.3 Å². The molecular formula is C22H17BrN6O. The summed E-state index contributed by atoms with van der Waals surface area (Å²) in [5, 5.41) is 18.2. The number of hydrogen-bond acceptors (Lipinski definition) is 6. The Labute approximate surface area is 181 Å². The minimum absolute atomic E-state index is 0.151. The Kier molecular flexibility index (Phi) is 5.21. The largest absolute Gasteiger partial charge is 0.497 e. The first-order valence-electron chi connectivity index (χ1n) is 9.05. The number of aromatic nitrogens is 4. The van der Waals surface area contributed by atoms with Crippen molar-refractivity contribution in [2.24, 2.45) is 0 Å². The molecule has 2 aromatic carbocycles. The number of nitrogens with two attached hydrogens (primary N) is 1. The number of pyridine rings is 1. The fraction of sp³-hybridized carbons (Fsp3) is 0.0909. The molecule has 2 aromatic heterocycles. The molecule has 0 radical (unpaired) electrons. The van der Waals surface area contributed by atoms with Crippen molar-refractivity contribution in [2.75, 3.05) is 12.8 Å². The van der Waals surface area contributed by atoms with E-state index in [1.807, 2.05) is 61.5 Å². The van der Waals surface area contributed by atoms with E-state index in [1.54, 1.807) is 11.8 Å². The molecule has 30 heavy (non-hydrogen) atoms. The zero-order chi connectivity index (χ0) is 21.3. The van der Waals surface area contributed by atoms with Crippen molar-refractivity contribution in [1.29, 1.82) is 5.26 Å². The summed E-state index contributed by atoms with van der Waals surface area (Å²) in [5.74, 6) is 0.881. The number of halogens is 1. The van der Waals surface area contributed by atoms with Crippen LogP contribution in [0.2, 0.25) is 0 Å². The highest BCUT2D eigenvalue weighted by atomic mass is 79.9. The lowest BCUT2D eigenvalue weighted by atomic mass is 9.99. The van der Waals surface area contributed by atoms with Crippen molar-refractivity contribution in [3.63, 3.8) is 0 Å². The molecule has 0 bridgehead atoms. The van der Waals surface area contributed by atoms with Crippen molar-refractivity contribution >= 4 is 21.7 Å². The molecule has 0 saturated carbocycles. The molecule has 0 unspecified atom stereocenters. The maximum absolute atomic E-state index is 9.62. The van der Waals surface area contributed by atoms with Crippen LogP contribution in [0.3, 0.4) is 0 Å². The number of rotatable bonds is 4. The number of nitriles is 1. The SMILES string of the molecule is COc1ccc(-c2cc(-c3nnn(-c4ccc(Br)cc4)c3C)nc(N)c2C#N)cc1. The summed E-state index contributed by atoms with van der Waals surface area (Å²) in [6.07, 6.45) is 0. The van der Waals surface area contributed by atoms with Gasteiger partial charge in [-0.05, 0) is 55.0 Å². The maximum atomic E-state index is 9.62. The van der Waals surface area contributed by atoms with Crippen LogP contribution >= 0.6 is 15.9 Å². The topological polar surface area (TPSA) is 103 Å². The minimum Gasteiger partial charge on any atom is -0.497 e. The van der Waals surface area contributed by atoms with E-state index in [0.29, 0.717) is 22.5 Å². The van der Waals surface area contributed by atoms with E-state index in [9.17, 15) is 5.26 Å². The zero-order valence-electron chi connectivity index (χ0n) is 16.3. The second-order valence-corrected chi connectivity index (χ2v) is 7.48. The van der Waals surface area contributed by atoms with Gasteiger partial charge in [-0.3, -0.25) is 0 Å². The number of hydrogen-bond donors (Lipinski definition) is 1. The summed E-state index contributed by atoms with van der Waals surface area (Å²) in [6, 6.07) is 19.2. The molecular weight excluding hydrogens is 444 g/mol. The van der Waals surface area contributed by atoms with E-state index < -0.39 is 0 Å². The van der Waals surface area contributed by atoms with Gasteiger partial charge in [0.25, 0.3) is 0 Å². The molecule has 0 atom stereocenters. The van der Waals surface area contributed by atoms with E-state index in [1.165, 1.54) is 0 Å². The molecule has 0 aliphatic carbocycles. The third-order valence-electron chi connectivity index (χ3n) is 4.77. The van der Waals surface area contributed by atoms with Crippen LogP contribution in [0.25, 0.3) is 28.2 Å². The second kappa shape index (κ2) is 7.97. The summed E-state index contributed by atoms with van der Waals surface area (Å²) < 4.78 is 7.94. The Bertz CT molecular complexity index is 1260. The van der Waals surface area contributed by atoms with Gasteiger partial charge in [-0.15, -0.1) is 5.10 Å². The van der Waals surface area contributed by atoms with Crippen molar-refractivity contribution in [2.45, 2.75) is 6.92 Å². The fourth-order valence-corrected chi connectivity index (χ4v) is 3.46. The molecule has 7 nitrogen and oxygen atoms in total. The monoisotopic (exact) mass is 460 g/mol. The molecule has 2 N–H and O–H groups in total. The Morgan fingerprint density at radius 2 is 1.80 bits per heavy atom. The van der Waals surface area contributed by atoms with Gasteiger partial charge in [-0.2, -0.15) is 5.26 Å². The summed E-state index contributed by atoms with van der Waals surface area (Å²) in [7, 11) is 1.61. The van der Waals surface area contributed by atoms with Crippen LogP contribution in [0.15, 0.2) is 59.1 Å². The summed E-state index contributed by atoms with van der Waals surface area (Å²) in [6.45, 7) is 1.92. The van der Waals surface area contributed by atoms with Crippen LogP contribution in [-0.4, -0.2) is 27.1 Å². The van der Waals surface area contributed by atoms with E-state index >= 15 is 0 Å². The lowest BCUT2D eigenvalue weighted by Gasteiger charge is -2.10. The highest BCUT2D eigenvalue weighted by Crippen LogP contribution is 2.32. The number of nitrogens with zero attached hydrogens (tertiary/aromatic N) is 5. The van der Waals surface area contributed by atoms with Gasteiger partial charge in [0.15, 0.2) is 0 Å². The first kappa shape index (κ1) is 19.6. The van der Waals surface area contributed by atoms with Crippen LogP contribution in [0, 0.1) is 18.3 Å². The van der Waals surface area contributed by atoms with Gasteiger partial charge in [0.2, 0.25) is 0 Å². The third kappa shape index (κ3) is 3.51. The molecule has 2 heterocycles. The highest BCUT2D eigenvalue weighted by Gasteiger charge is 2.18. The van der Waals surface area contributed by atoms with E-state index in [-0.39, 0.29) is 5.82 Å². The standard InChI is InChI=1S/C22H17BrN6O/c1-13-21(27-28-29(13)16-7-5-15(23)6-8-16)20-11-18(19(12-24)22(25)26-20)14-3-9-17(30-2)10-4-14/h3-11H,1-2H3,(H2,25,26). The highest BCUT2D eigenvalue weighted by molar-refractivity contribution is 9.10. The summed E-state index contributed by atoms with van der Waals surface area (Å²) in [4.78, 5) is 4.42. The molecule has 8 heteroatoms. The van der Waals surface area contributed by atoms with Gasteiger partial charge in [0.05, 0.1) is 24.2 Å². The average Bonchev–Trinajstić information content (AvgIpc) is 3.15. The fourth-order valence-electron chi connectivity index (χ4n) is 3.20. The number of anilines is 1. The number of benzene rings is 2. The third-order valence-corrected chi connectivity index (χ3v) is 5.30. The number of nitrogen functional groups attached to an aromatic ring is 1. The Hall–Kier alpha value is -3.70. The van der Waals surface area contributed by atoms with Gasteiger partial charge >= 0.3 is 0 Å². The predicted molar refractivity (Wildman–Crippen MR) is 118 cm³/mol. The first-order chi connectivity index (χ1) is 14.5. The molecule has 0 saturated heterocycles. The average molecular weight is 461 g/mol. The minimum atomic E-state index is 0.151. The quantitative estimate of drug-likeness (QED) is 0.479. The number of ether oxygens (including phenoxy) is 1. The van der Waals surface area contributed by atoms with Crippen LogP contribution in [0.1, 0.15) is 11.3 Å². The molecule has 0 aliphatic heterocycles. The van der Waals surface area contributed by atoms with Crippen molar-refractivity contribution in [3.8, 4) is 40.0 Å². The molecule has 0 fully saturated rings. The smallest absolute Gasteiger partial charge is 0.142 e. The Morgan fingerprint density at radius 1 is 1.10 bits per heavy atom. The van der Waals surface area contributed by atoms with Gasteiger partial charge in [0.1, 0.15) is 28.9 Å². The predicted octanol–water partition coefficient (Wildman–Crippen LogP) is 4.53. The van der Waals surface area contributed by atoms with Crippen molar-refractivity contribution in [1.82, 2.24) is 20.0 Å². The van der Waals surface area contributed by atoms with Gasteiger partial charge in [-0.1, -0.05) is 33.3 Å². The molecule has 4 rings (SSSR count). The Balaban J connectivity index is 1.83. The maximum Gasteiger partial charge on any atom is 0.142 e. The zero-order valence-corrected chi connectivity index (χ0v) is 17.9. The van der Waals surface area contributed by atoms with Gasteiger partial charge < -0.3 is 10.5 Å². The first-order valence-corrected chi connectivity index (χ1v) is 9.84. The Morgan fingerprint density at radius 3 is 2.43 bits per heavy atom. The van der Waals surface area contributed by atoms with Crippen LogP contribution in [0.5, 0.6) is 5.75 Å². The summed E-state index contributed by atoms with van der Waals surface area (Å²) in [5.41, 5.74) is 10.8. The lowest BCUT2D eigenvalue weighted by Crippen LogP contribution is -2.01.